The van der Waals surface area contributed by atoms with Crippen molar-refractivity contribution >= 4 is 5.97 Å². The maximum atomic E-state index is 10.2. The van der Waals surface area contributed by atoms with Crippen LogP contribution in [0, 0.1) is 0 Å². The van der Waals surface area contributed by atoms with Crippen molar-refractivity contribution in [2.24, 2.45) is 0 Å². The van der Waals surface area contributed by atoms with Crippen molar-refractivity contribution in [3.8, 4) is 0 Å². The third-order valence-electron chi connectivity index (χ3n) is 1.75. The van der Waals surface area contributed by atoms with Crippen molar-refractivity contribution < 1.29 is 34.1 Å². The molecule has 4 nitrogen and oxygen atoms in total. The molecule has 1 rings (SSSR count). The number of carboxylic acid groups (broad SMARTS) is 1. The van der Waals surface area contributed by atoms with E-state index in [-0.39, 0.29) is 25.9 Å². The predicted octanol–water partition coefficient (Wildman–Crippen LogP) is -0.209. The van der Waals surface area contributed by atoms with Gasteiger partial charge in [0.25, 0.3) is 0 Å². The number of hydrogen-bond donors (Lipinski definition) is 1. The third-order valence-corrected chi connectivity index (χ3v) is 1.75. The SMILES string of the molecule is O=C(O)CCN1CCOCC1.[Zn]. The van der Waals surface area contributed by atoms with Crippen LogP contribution in [0.3, 0.4) is 0 Å². The topological polar surface area (TPSA) is 49.8 Å². The first-order valence-electron chi connectivity index (χ1n) is 3.81. The Bertz CT molecular complexity index is 137. The molecule has 1 aliphatic heterocycles. The fraction of sp³-hybridized carbons (Fsp3) is 0.857. The quantitative estimate of drug-likeness (QED) is 0.674. The second kappa shape index (κ2) is 6.52. The first kappa shape index (κ1) is 12.0. The molecule has 1 fully saturated rings. The van der Waals surface area contributed by atoms with E-state index in [4.69, 9.17) is 9.84 Å². The van der Waals surface area contributed by atoms with Crippen LogP contribution in [-0.4, -0.2) is 48.8 Å². The number of rotatable bonds is 3. The Morgan fingerprint density at radius 2 is 2.00 bits per heavy atom. The summed E-state index contributed by atoms with van der Waals surface area (Å²) in [5, 5.41) is 8.39. The molecule has 0 amide bonds. The molecule has 0 spiro atoms. The molecule has 0 aromatic heterocycles. The van der Waals surface area contributed by atoms with E-state index < -0.39 is 5.97 Å². The number of carboxylic acids is 1. The van der Waals surface area contributed by atoms with Crippen LogP contribution in [0.4, 0.5) is 0 Å². The molecule has 0 aliphatic carbocycles. The van der Waals surface area contributed by atoms with Crippen LogP contribution < -0.4 is 0 Å². The van der Waals surface area contributed by atoms with Gasteiger partial charge in [-0.05, 0) is 0 Å². The molecule has 1 aliphatic rings. The third kappa shape index (κ3) is 4.80. The Hall–Kier alpha value is 0.0134. The first-order chi connectivity index (χ1) is 5.29. The second-order valence-corrected chi connectivity index (χ2v) is 2.60. The summed E-state index contributed by atoms with van der Waals surface area (Å²) in [6, 6.07) is 0. The molecule has 0 atom stereocenters. The van der Waals surface area contributed by atoms with Crippen molar-refractivity contribution in [3.05, 3.63) is 0 Å². The monoisotopic (exact) mass is 223 g/mol. The number of hydrogen-bond acceptors (Lipinski definition) is 3. The van der Waals surface area contributed by atoms with Gasteiger partial charge in [0.1, 0.15) is 0 Å². The van der Waals surface area contributed by atoms with Crippen molar-refractivity contribution in [1.29, 1.82) is 0 Å². The summed E-state index contributed by atoms with van der Waals surface area (Å²) in [7, 11) is 0. The number of morpholine rings is 1. The van der Waals surface area contributed by atoms with Gasteiger partial charge in [-0.15, -0.1) is 0 Å². The first-order valence-corrected chi connectivity index (χ1v) is 3.81. The van der Waals surface area contributed by atoms with Gasteiger partial charge in [-0.1, -0.05) is 0 Å². The Morgan fingerprint density at radius 3 is 2.50 bits per heavy atom. The minimum Gasteiger partial charge on any atom is -0.481 e. The van der Waals surface area contributed by atoms with Gasteiger partial charge >= 0.3 is 5.97 Å². The molecule has 0 saturated carbocycles. The molecule has 0 radical (unpaired) electrons. The van der Waals surface area contributed by atoms with Crippen LogP contribution in [0.25, 0.3) is 0 Å². The second-order valence-electron chi connectivity index (χ2n) is 2.60. The smallest absolute Gasteiger partial charge is 0.304 e. The summed E-state index contributed by atoms with van der Waals surface area (Å²) in [5.41, 5.74) is 0. The summed E-state index contributed by atoms with van der Waals surface area (Å²) in [5.74, 6) is -0.725. The molecule has 0 unspecified atom stereocenters. The van der Waals surface area contributed by atoms with Crippen molar-refractivity contribution in [2.45, 2.75) is 6.42 Å². The molecule has 12 heavy (non-hydrogen) atoms. The average molecular weight is 225 g/mol. The molecular weight excluding hydrogens is 211 g/mol. The molecule has 66 valence electrons. The van der Waals surface area contributed by atoms with E-state index in [1.165, 1.54) is 0 Å². The van der Waals surface area contributed by atoms with Gasteiger partial charge < -0.3 is 9.84 Å². The van der Waals surface area contributed by atoms with Gasteiger partial charge in [-0.25, -0.2) is 0 Å². The summed E-state index contributed by atoms with van der Waals surface area (Å²) in [6.45, 7) is 3.86. The minimum absolute atomic E-state index is 0. The van der Waals surface area contributed by atoms with E-state index in [9.17, 15) is 4.79 Å². The summed E-state index contributed by atoms with van der Waals surface area (Å²) >= 11 is 0. The van der Waals surface area contributed by atoms with Gasteiger partial charge in [0.15, 0.2) is 0 Å². The van der Waals surface area contributed by atoms with Crippen LogP contribution in [0.5, 0.6) is 0 Å². The number of carbonyl (C=O) groups is 1. The van der Waals surface area contributed by atoms with Crippen LogP contribution in [0.1, 0.15) is 6.42 Å². The molecular formula is C7H13NO3Zn. The Kier molecular flexibility index (Phi) is 6.53. The maximum Gasteiger partial charge on any atom is 0.304 e. The minimum atomic E-state index is -0.725. The molecule has 1 saturated heterocycles. The Morgan fingerprint density at radius 1 is 1.42 bits per heavy atom. The molecule has 0 bridgehead atoms. The van der Waals surface area contributed by atoms with E-state index in [1.54, 1.807) is 0 Å². The average Bonchev–Trinajstić information content (AvgIpc) is 2.03. The van der Waals surface area contributed by atoms with Crippen molar-refractivity contribution in [3.63, 3.8) is 0 Å². The van der Waals surface area contributed by atoms with E-state index in [0.717, 1.165) is 26.3 Å². The fourth-order valence-electron chi connectivity index (χ4n) is 1.08. The normalized spacial score (nSPS) is 18.3. The van der Waals surface area contributed by atoms with E-state index >= 15 is 0 Å². The zero-order chi connectivity index (χ0) is 8.10. The van der Waals surface area contributed by atoms with Crippen molar-refractivity contribution in [2.75, 3.05) is 32.8 Å². The standard InChI is InChI=1S/C7H13NO3.Zn/c9-7(10)1-2-8-3-5-11-6-4-8;/h1-6H2,(H,9,10);. The van der Waals surface area contributed by atoms with Gasteiger partial charge in [-0.3, -0.25) is 9.69 Å². The maximum absolute atomic E-state index is 10.2. The van der Waals surface area contributed by atoms with E-state index in [0.29, 0.717) is 6.54 Å². The zero-order valence-corrected chi connectivity index (χ0v) is 10.1. The molecule has 1 heterocycles. The van der Waals surface area contributed by atoms with Gasteiger partial charge in [0.2, 0.25) is 0 Å². The van der Waals surface area contributed by atoms with Crippen LogP contribution >= 0.6 is 0 Å². The van der Waals surface area contributed by atoms with Crippen LogP contribution in [0.15, 0.2) is 0 Å². The molecule has 0 aromatic rings. The van der Waals surface area contributed by atoms with Crippen LogP contribution in [0.2, 0.25) is 0 Å². The largest absolute Gasteiger partial charge is 0.481 e. The molecule has 5 heteroatoms. The summed E-state index contributed by atoms with van der Waals surface area (Å²) in [4.78, 5) is 12.3. The van der Waals surface area contributed by atoms with Gasteiger partial charge in [-0.2, -0.15) is 0 Å². The molecule has 0 aromatic carbocycles. The molecule has 1 N–H and O–H groups in total. The number of ether oxygens (including phenoxy) is 1. The fourth-order valence-corrected chi connectivity index (χ4v) is 1.08. The van der Waals surface area contributed by atoms with Crippen molar-refractivity contribution in [1.82, 2.24) is 4.90 Å². The summed E-state index contributed by atoms with van der Waals surface area (Å²) < 4.78 is 5.12. The van der Waals surface area contributed by atoms with Crippen LogP contribution in [-0.2, 0) is 29.0 Å². The van der Waals surface area contributed by atoms with Gasteiger partial charge in [0.05, 0.1) is 19.6 Å². The number of aliphatic carboxylic acids is 1. The summed E-state index contributed by atoms with van der Waals surface area (Å²) in [6.07, 6.45) is 0.236. The Balaban J connectivity index is 0.00000121. The Labute approximate surface area is 84.6 Å². The number of nitrogens with zero attached hydrogens (tertiary/aromatic N) is 1. The van der Waals surface area contributed by atoms with E-state index in [2.05, 4.69) is 4.90 Å². The van der Waals surface area contributed by atoms with E-state index in [1.807, 2.05) is 0 Å². The predicted molar refractivity (Wildman–Crippen MR) is 39.5 cm³/mol. The zero-order valence-electron chi connectivity index (χ0n) is 7.16. The van der Waals surface area contributed by atoms with Gasteiger partial charge in [0, 0.05) is 39.1 Å².